The van der Waals surface area contributed by atoms with E-state index in [9.17, 15) is 0 Å². The Balaban J connectivity index is 3.34. The lowest BCUT2D eigenvalue weighted by Gasteiger charge is -2.09. The SMILES string of the molecule is COC(CC=C[SiH2]C)OC. The predicted molar refractivity (Wildman–Crippen MR) is 46.0 cm³/mol. The molecule has 0 N–H and O–H groups in total. The Bertz CT molecular complexity index is 89.6. The molecule has 0 aromatic carbocycles. The van der Waals surface area contributed by atoms with Gasteiger partial charge in [0.05, 0.1) is 0 Å². The predicted octanol–water partition coefficient (Wildman–Crippen LogP) is 0.726. The van der Waals surface area contributed by atoms with Gasteiger partial charge in [-0.1, -0.05) is 12.6 Å². The van der Waals surface area contributed by atoms with Crippen LogP contribution in [0.15, 0.2) is 11.8 Å². The van der Waals surface area contributed by atoms with Crippen molar-refractivity contribution in [3.05, 3.63) is 11.8 Å². The monoisotopic (exact) mass is 160 g/mol. The number of hydrogen-bond donors (Lipinski definition) is 0. The lowest BCUT2D eigenvalue weighted by molar-refractivity contribution is -0.0985. The van der Waals surface area contributed by atoms with E-state index in [1.165, 1.54) is 0 Å². The van der Waals surface area contributed by atoms with Gasteiger partial charge in [0.15, 0.2) is 6.29 Å². The summed E-state index contributed by atoms with van der Waals surface area (Å²) in [6, 6.07) is 0. The highest BCUT2D eigenvalue weighted by Gasteiger charge is 1.99. The lowest BCUT2D eigenvalue weighted by atomic mass is 10.4. The van der Waals surface area contributed by atoms with Crippen LogP contribution in [0.4, 0.5) is 0 Å². The van der Waals surface area contributed by atoms with Crippen molar-refractivity contribution in [2.45, 2.75) is 19.3 Å². The number of methoxy groups -OCH3 is 2. The molecule has 0 amide bonds. The van der Waals surface area contributed by atoms with Gasteiger partial charge in [-0.2, -0.15) is 0 Å². The smallest absolute Gasteiger partial charge is 0.160 e. The molecule has 0 aliphatic rings. The van der Waals surface area contributed by atoms with Gasteiger partial charge in [-0.15, -0.1) is 5.70 Å². The molecule has 0 aromatic heterocycles. The summed E-state index contributed by atoms with van der Waals surface area (Å²) < 4.78 is 9.98. The average molecular weight is 160 g/mol. The summed E-state index contributed by atoms with van der Waals surface area (Å²) in [6.07, 6.45) is 2.94. The highest BCUT2D eigenvalue weighted by molar-refractivity contribution is 6.40. The van der Waals surface area contributed by atoms with E-state index in [-0.39, 0.29) is 15.8 Å². The zero-order valence-electron chi connectivity index (χ0n) is 6.96. The van der Waals surface area contributed by atoms with Gasteiger partial charge in [0.25, 0.3) is 0 Å². The van der Waals surface area contributed by atoms with Crippen molar-refractivity contribution in [2.24, 2.45) is 0 Å². The van der Waals surface area contributed by atoms with Crippen LogP contribution in [0.3, 0.4) is 0 Å². The molecule has 0 aliphatic carbocycles. The van der Waals surface area contributed by atoms with Crippen molar-refractivity contribution in [3.8, 4) is 0 Å². The second-order valence-electron chi connectivity index (χ2n) is 2.02. The Hall–Kier alpha value is -0.123. The Kier molecular flexibility index (Phi) is 6.90. The van der Waals surface area contributed by atoms with Crippen molar-refractivity contribution in [1.82, 2.24) is 0 Å². The maximum atomic E-state index is 4.99. The van der Waals surface area contributed by atoms with E-state index in [2.05, 4.69) is 18.3 Å². The molecule has 0 unspecified atom stereocenters. The second-order valence-corrected chi connectivity index (χ2v) is 3.30. The maximum absolute atomic E-state index is 4.99. The molecule has 0 fully saturated rings. The highest BCUT2D eigenvalue weighted by atomic mass is 28.2. The largest absolute Gasteiger partial charge is 0.356 e. The molecule has 0 bridgehead atoms. The van der Waals surface area contributed by atoms with Crippen molar-refractivity contribution in [2.75, 3.05) is 14.2 Å². The van der Waals surface area contributed by atoms with E-state index in [0.29, 0.717) is 0 Å². The van der Waals surface area contributed by atoms with Crippen LogP contribution in [-0.2, 0) is 9.47 Å². The van der Waals surface area contributed by atoms with Crippen LogP contribution in [0.2, 0.25) is 6.55 Å². The molecule has 0 aliphatic heterocycles. The van der Waals surface area contributed by atoms with Gasteiger partial charge in [-0.05, 0) is 0 Å². The Morgan fingerprint density at radius 3 is 2.40 bits per heavy atom. The van der Waals surface area contributed by atoms with Gasteiger partial charge < -0.3 is 9.47 Å². The molecule has 0 saturated heterocycles. The summed E-state index contributed by atoms with van der Waals surface area (Å²) in [5.41, 5.74) is 2.24. The summed E-state index contributed by atoms with van der Waals surface area (Å²) in [5, 5.41) is 0. The van der Waals surface area contributed by atoms with Gasteiger partial charge in [0, 0.05) is 30.2 Å². The van der Waals surface area contributed by atoms with Crippen molar-refractivity contribution < 1.29 is 9.47 Å². The normalized spacial score (nSPS) is 12.8. The van der Waals surface area contributed by atoms with Crippen LogP contribution in [0.5, 0.6) is 0 Å². The maximum Gasteiger partial charge on any atom is 0.160 e. The minimum Gasteiger partial charge on any atom is -0.356 e. The topological polar surface area (TPSA) is 18.5 Å². The molecule has 3 heteroatoms. The molecule has 0 aromatic rings. The third-order valence-electron chi connectivity index (χ3n) is 1.26. The fourth-order valence-electron chi connectivity index (χ4n) is 0.663. The lowest BCUT2D eigenvalue weighted by Crippen LogP contribution is -2.10. The first-order chi connectivity index (χ1) is 4.85. The molecule has 0 spiro atoms. The highest BCUT2D eigenvalue weighted by Crippen LogP contribution is 1.97. The van der Waals surface area contributed by atoms with E-state index in [1.807, 2.05) is 0 Å². The van der Waals surface area contributed by atoms with Gasteiger partial charge in [-0.25, -0.2) is 0 Å². The first-order valence-electron chi connectivity index (χ1n) is 3.55. The summed E-state index contributed by atoms with van der Waals surface area (Å²) in [6.45, 7) is 2.24. The molecular weight excluding hydrogens is 144 g/mol. The van der Waals surface area contributed by atoms with Crippen molar-refractivity contribution in [1.29, 1.82) is 0 Å². The van der Waals surface area contributed by atoms with E-state index in [4.69, 9.17) is 9.47 Å². The minimum atomic E-state index is -0.0585. The second kappa shape index (κ2) is 6.99. The fraction of sp³-hybridized carbons (Fsp3) is 0.714. The van der Waals surface area contributed by atoms with E-state index >= 15 is 0 Å². The summed E-state index contributed by atoms with van der Waals surface area (Å²) in [5.74, 6) is 0. The third kappa shape index (κ3) is 4.73. The molecule has 0 saturated carbocycles. The van der Waals surface area contributed by atoms with E-state index in [1.54, 1.807) is 14.2 Å². The molecule has 0 radical (unpaired) electrons. The molecule has 0 heterocycles. The van der Waals surface area contributed by atoms with Crippen molar-refractivity contribution in [3.63, 3.8) is 0 Å². The summed E-state index contributed by atoms with van der Waals surface area (Å²) >= 11 is 0. The zero-order valence-corrected chi connectivity index (χ0v) is 8.38. The molecule has 0 atom stereocenters. The standard InChI is InChI=1S/C7H16O2Si/c1-8-7(9-2)5-4-6-10-3/h4,6-7H,5,10H2,1-3H3. The van der Waals surface area contributed by atoms with Crippen LogP contribution < -0.4 is 0 Å². The van der Waals surface area contributed by atoms with Gasteiger partial charge in [0.1, 0.15) is 0 Å². The summed E-state index contributed by atoms with van der Waals surface area (Å²) in [4.78, 5) is 0. The van der Waals surface area contributed by atoms with Crippen LogP contribution in [0.25, 0.3) is 0 Å². The number of hydrogen-bond acceptors (Lipinski definition) is 2. The Morgan fingerprint density at radius 2 is 2.00 bits per heavy atom. The minimum absolute atomic E-state index is 0.0585. The van der Waals surface area contributed by atoms with Crippen LogP contribution in [-0.4, -0.2) is 30.0 Å². The quantitative estimate of drug-likeness (QED) is 0.436. The average Bonchev–Trinajstić information content (AvgIpc) is 1.99. The summed E-state index contributed by atoms with van der Waals surface area (Å²) in [7, 11) is 3.38. The molecule has 0 rings (SSSR count). The Morgan fingerprint density at radius 1 is 1.40 bits per heavy atom. The molecule has 10 heavy (non-hydrogen) atoms. The van der Waals surface area contributed by atoms with Crippen LogP contribution in [0, 0.1) is 0 Å². The van der Waals surface area contributed by atoms with Crippen molar-refractivity contribution >= 4 is 9.52 Å². The molecular formula is C7H16O2Si. The number of rotatable bonds is 5. The van der Waals surface area contributed by atoms with Gasteiger partial charge in [-0.3, -0.25) is 0 Å². The van der Waals surface area contributed by atoms with E-state index in [0.717, 1.165) is 6.42 Å². The third-order valence-corrected chi connectivity index (χ3v) is 2.06. The molecule has 2 nitrogen and oxygen atoms in total. The van der Waals surface area contributed by atoms with Gasteiger partial charge in [0.2, 0.25) is 0 Å². The first kappa shape index (κ1) is 9.88. The zero-order chi connectivity index (χ0) is 7.82. The van der Waals surface area contributed by atoms with Gasteiger partial charge >= 0.3 is 0 Å². The number of ether oxygens (including phenoxy) is 2. The fourth-order valence-corrected chi connectivity index (χ4v) is 1.19. The van der Waals surface area contributed by atoms with Crippen LogP contribution >= 0.6 is 0 Å². The Labute approximate surface area is 65.0 Å². The van der Waals surface area contributed by atoms with Crippen LogP contribution in [0.1, 0.15) is 6.42 Å². The first-order valence-corrected chi connectivity index (χ1v) is 5.78. The van der Waals surface area contributed by atoms with E-state index < -0.39 is 0 Å². The molecule has 60 valence electrons.